The zero-order valence-corrected chi connectivity index (χ0v) is 14.1. The molecule has 4 heteroatoms. The molecule has 3 atom stereocenters. The lowest BCUT2D eigenvalue weighted by atomic mass is 9.81. The van der Waals surface area contributed by atoms with Crippen LogP contribution in [-0.4, -0.2) is 46.8 Å². The summed E-state index contributed by atoms with van der Waals surface area (Å²) in [4.78, 5) is 14.9. The van der Waals surface area contributed by atoms with Crippen LogP contribution in [-0.2, 0) is 9.53 Å². The lowest BCUT2D eigenvalue weighted by Gasteiger charge is -2.49. The number of fused-ring (bicyclic) bond motifs is 3. The molecular weight excluding hydrogens is 278 g/mol. The van der Waals surface area contributed by atoms with Crippen molar-refractivity contribution in [2.24, 2.45) is 5.92 Å². The summed E-state index contributed by atoms with van der Waals surface area (Å²) >= 11 is 0. The van der Waals surface area contributed by atoms with E-state index in [4.69, 9.17) is 4.74 Å². The highest BCUT2D eigenvalue weighted by Gasteiger charge is 2.45. The molecule has 0 aromatic heterocycles. The first kappa shape index (κ1) is 17.3. The minimum Gasteiger partial charge on any atom is -0.458 e. The largest absolute Gasteiger partial charge is 0.458 e. The standard InChI is InChI=1S/C18H29NO3/c1-4-6-7-11-18(21,10-5-2)17(20)22-16-14(3)19-12-8-15(16)9-13-19/h14-16,21H,4,6-9,11-13H2,1-3H3/t14?,16?,18-/m0/s1. The Hall–Kier alpha value is -1.05. The second kappa shape index (κ2) is 7.48. The number of nitrogens with zero attached hydrogens (tertiary/aromatic N) is 1. The Kier molecular flexibility index (Phi) is 5.88. The van der Waals surface area contributed by atoms with Gasteiger partial charge in [-0.2, -0.15) is 0 Å². The lowest BCUT2D eigenvalue weighted by Crippen LogP contribution is -2.59. The Labute approximate surface area is 134 Å². The number of ether oxygens (including phenoxy) is 1. The second-order valence-electron chi connectivity index (χ2n) is 6.68. The van der Waals surface area contributed by atoms with Crippen molar-refractivity contribution in [3.63, 3.8) is 0 Å². The molecule has 0 aromatic carbocycles. The first-order chi connectivity index (χ1) is 10.5. The molecule has 2 bridgehead atoms. The maximum absolute atomic E-state index is 12.5. The van der Waals surface area contributed by atoms with E-state index in [9.17, 15) is 9.90 Å². The molecule has 22 heavy (non-hydrogen) atoms. The van der Waals surface area contributed by atoms with E-state index in [1.165, 1.54) is 0 Å². The maximum Gasteiger partial charge on any atom is 0.351 e. The fourth-order valence-electron chi connectivity index (χ4n) is 3.73. The van der Waals surface area contributed by atoms with Crippen molar-refractivity contribution in [1.29, 1.82) is 0 Å². The van der Waals surface area contributed by atoms with Gasteiger partial charge >= 0.3 is 5.97 Å². The normalized spacial score (nSPS) is 32.7. The summed E-state index contributed by atoms with van der Waals surface area (Å²) in [5.74, 6) is 5.25. The summed E-state index contributed by atoms with van der Waals surface area (Å²) in [6.45, 7) is 8.04. The first-order valence-corrected chi connectivity index (χ1v) is 8.63. The van der Waals surface area contributed by atoms with E-state index >= 15 is 0 Å². The highest BCUT2D eigenvalue weighted by molar-refractivity contribution is 5.83. The van der Waals surface area contributed by atoms with Crippen molar-refractivity contribution in [2.75, 3.05) is 13.1 Å². The van der Waals surface area contributed by atoms with Crippen LogP contribution >= 0.6 is 0 Å². The number of carbonyl (C=O) groups is 1. The van der Waals surface area contributed by atoms with Gasteiger partial charge in [0, 0.05) is 6.04 Å². The van der Waals surface area contributed by atoms with Crippen molar-refractivity contribution < 1.29 is 14.6 Å². The van der Waals surface area contributed by atoms with Crippen molar-refractivity contribution in [3.05, 3.63) is 0 Å². The molecule has 3 heterocycles. The number of hydrogen-bond donors (Lipinski definition) is 1. The molecule has 2 unspecified atom stereocenters. The average Bonchev–Trinajstić information content (AvgIpc) is 2.51. The summed E-state index contributed by atoms with van der Waals surface area (Å²) in [6, 6.07) is 0.242. The predicted molar refractivity (Wildman–Crippen MR) is 86.2 cm³/mol. The van der Waals surface area contributed by atoms with Crippen LogP contribution in [0.2, 0.25) is 0 Å². The molecule has 3 rings (SSSR count). The number of hydrogen-bond acceptors (Lipinski definition) is 4. The number of rotatable bonds is 6. The predicted octanol–water partition coefficient (Wildman–Crippen LogP) is 2.35. The quantitative estimate of drug-likeness (QED) is 0.465. The van der Waals surface area contributed by atoms with E-state index in [1.54, 1.807) is 6.92 Å². The van der Waals surface area contributed by atoms with Crippen molar-refractivity contribution in [2.45, 2.75) is 77.0 Å². The molecule has 0 radical (unpaired) electrons. The summed E-state index contributed by atoms with van der Waals surface area (Å²) in [5, 5.41) is 10.6. The molecule has 0 saturated carbocycles. The Bertz CT molecular complexity index is 443. The lowest BCUT2D eigenvalue weighted by molar-refractivity contribution is -0.180. The molecule has 124 valence electrons. The van der Waals surface area contributed by atoms with Gasteiger partial charge in [-0.05, 0) is 58.5 Å². The Morgan fingerprint density at radius 3 is 2.59 bits per heavy atom. The summed E-state index contributed by atoms with van der Waals surface area (Å²) in [5.41, 5.74) is -1.64. The fourth-order valence-corrected chi connectivity index (χ4v) is 3.73. The van der Waals surface area contributed by atoms with Crippen LogP contribution in [0.1, 0.15) is 59.3 Å². The van der Waals surface area contributed by atoms with Gasteiger partial charge in [-0.1, -0.05) is 25.7 Å². The molecule has 0 spiro atoms. The molecular formula is C18H29NO3. The Morgan fingerprint density at radius 1 is 1.36 bits per heavy atom. The zero-order valence-electron chi connectivity index (χ0n) is 14.1. The van der Waals surface area contributed by atoms with E-state index in [1.807, 2.05) is 0 Å². The topological polar surface area (TPSA) is 49.8 Å². The number of unbranched alkanes of at least 4 members (excludes halogenated alkanes) is 2. The molecule has 3 fully saturated rings. The van der Waals surface area contributed by atoms with Crippen LogP contribution in [0.5, 0.6) is 0 Å². The summed E-state index contributed by atoms with van der Waals surface area (Å²) in [7, 11) is 0. The van der Waals surface area contributed by atoms with E-state index in [0.29, 0.717) is 12.3 Å². The van der Waals surface area contributed by atoms with Crippen molar-refractivity contribution >= 4 is 5.97 Å². The monoisotopic (exact) mass is 307 g/mol. The molecule has 1 N–H and O–H groups in total. The molecule has 3 aliphatic rings. The highest BCUT2D eigenvalue weighted by atomic mass is 16.6. The third-order valence-electron chi connectivity index (χ3n) is 5.14. The van der Waals surface area contributed by atoms with Crippen LogP contribution in [0.15, 0.2) is 0 Å². The fraction of sp³-hybridized carbons (Fsp3) is 0.833. The van der Waals surface area contributed by atoms with Gasteiger partial charge in [0.2, 0.25) is 5.60 Å². The van der Waals surface area contributed by atoms with Crippen LogP contribution in [0, 0.1) is 17.8 Å². The summed E-state index contributed by atoms with van der Waals surface area (Å²) < 4.78 is 5.75. The van der Waals surface area contributed by atoms with Gasteiger partial charge in [0.25, 0.3) is 0 Å². The zero-order chi connectivity index (χ0) is 16.2. The third kappa shape index (κ3) is 3.64. The van der Waals surface area contributed by atoms with Gasteiger partial charge in [-0.15, -0.1) is 5.92 Å². The van der Waals surface area contributed by atoms with Gasteiger partial charge < -0.3 is 9.84 Å². The molecule has 0 aromatic rings. The summed E-state index contributed by atoms with van der Waals surface area (Å²) in [6.07, 6.45) is 5.22. The minimum absolute atomic E-state index is 0.105. The van der Waals surface area contributed by atoms with Gasteiger partial charge in [-0.25, -0.2) is 4.79 Å². The van der Waals surface area contributed by atoms with Gasteiger partial charge in [0.15, 0.2) is 0 Å². The number of piperidine rings is 3. The minimum atomic E-state index is -1.64. The van der Waals surface area contributed by atoms with E-state index in [-0.39, 0.29) is 12.1 Å². The number of aliphatic hydroxyl groups is 1. The Balaban J connectivity index is 2.02. The number of esters is 1. The van der Waals surface area contributed by atoms with Crippen molar-refractivity contribution in [1.82, 2.24) is 4.90 Å². The highest BCUT2D eigenvalue weighted by Crippen LogP contribution is 2.35. The van der Waals surface area contributed by atoms with Crippen LogP contribution in [0.3, 0.4) is 0 Å². The van der Waals surface area contributed by atoms with E-state index in [0.717, 1.165) is 45.2 Å². The smallest absolute Gasteiger partial charge is 0.351 e. The molecule has 3 saturated heterocycles. The SMILES string of the molecule is CC#C[C@](O)(CCCCC)C(=O)OC1C2CCN(CC2)C1C. The number of carbonyl (C=O) groups excluding carboxylic acids is 1. The molecule has 4 nitrogen and oxygen atoms in total. The van der Waals surface area contributed by atoms with Crippen LogP contribution in [0.25, 0.3) is 0 Å². The average molecular weight is 307 g/mol. The van der Waals surface area contributed by atoms with E-state index < -0.39 is 11.6 Å². The third-order valence-corrected chi connectivity index (χ3v) is 5.14. The van der Waals surface area contributed by atoms with Gasteiger partial charge in [0.1, 0.15) is 6.10 Å². The van der Waals surface area contributed by atoms with Gasteiger partial charge in [-0.3, -0.25) is 4.90 Å². The maximum atomic E-state index is 12.5. The van der Waals surface area contributed by atoms with Gasteiger partial charge in [0.05, 0.1) is 0 Å². The van der Waals surface area contributed by atoms with Crippen molar-refractivity contribution in [3.8, 4) is 11.8 Å². The van der Waals surface area contributed by atoms with E-state index in [2.05, 4.69) is 30.6 Å². The molecule has 3 aliphatic heterocycles. The van der Waals surface area contributed by atoms with Crippen LogP contribution < -0.4 is 0 Å². The second-order valence-corrected chi connectivity index (χ2v) is 6.68. The van der Waals surface area contributed by atoms with Crippen LogP contribution in [0.4, 0.5) is 0 Å². The first-order valence-electron chi connectivity index (χ1n) is 8.63. The molecule has 0 amide bonds. The Morgan fingerprint density at radius 2 is 2.05 bits per heavy atom. The molecule has 0 aliphatic carbocycles.